The molecule has 114 valence electrons. The largest absolute Gasteiger partial charge is 0.481 e. The average molecular weight is 294 g/mol. The molecule has 0 saturated carbocycles. The highest BCUT2D eigenvalue weighted by atomic mass is 16.6. The first-order valence-corrected chi connectivity index (χ1v) is 6.62. The topological polar surface area (TPSA) is 110 Å². The molecule has 7 heteroatoms. The Balaban J connectivity index is 2.85. The van der Waals surface area contributed by atoms with E-state index in [4.69, 9.17) is 5.11 Å². The highest BCUT2D eigenvalue weighted by molar-refractivity contribution is 5.95. The van der Waals surface area contributed by atoms with Gasteiger partial charge in [-0.1, -0.05) is 13.3 Å². The number of carbonyl (C=O) groups excluding carboxylic acids is 1. The molecular formula is C14H18N2O5. The first kappa shape index (κ1) is 16.6. The Bertz CT molecular complexity index is 556. The van der Waals surface area contributed by atoms with E-state index in [1.807, 2.05) is 6.92 Å². The van der Waals surface area contributed by atoms with Crippen LogP contribution in [0, 0.1) is 17.0 Å². The van der Waals surface area contributed by atoms with Crippen LogP contribution in [0.25, 0.3) is 0 Å². The number of rotatable bonds is 7. The fourth-order valence-corrected chi connectivity index (χ4v) is 2.05. The lowest BCUT2D eigenvalue weighted by Gasteiger charge is -2.16. The van der Waals surface area contributed by atoms with Gasteiger partial charge in [-0.3, -0.25) is 19.7 Å². The van der Waals surface area contributed by atoms with E-state index >= 15 is 0 Å². The van der Waals surface area contributed by atoms with Gasteiger partial charge in [0.15, 0.2) is 0 Å². The van der Waals surface area contributed by atoms with Crippen molar-refractivity contribution in [2.45, 2.75) is 39.2 Å². The summed E-state index contributed by atoms with van der Waals surface area (Å²) in [5.41, 5.74) is 0.615. The Morgan fingerprint density at radius 2 is 2.10 bits per heavy atom. The Morgan fingerprint density at radius 3 is 2.57 bits per heavy atom. The molecule has 1 aromatic carbocycles. The first-order valence-electron chi connectivity index (χ1n) is 6.62. The maximum atomic E-state index is 12.1. The number of aryl methyl sites for hydroxylation is 1. The van der Waals surface area contributed by atoms with Gasteiger partial charge in [-0.2, -0.15) is 0 Å². The van der Waals surface area contributed by atoms with Gasteiger partial charge in [-0.15, -0.1) is 0 Å². The number of hydrogen-bond donors (Lipinski definition) is 2. The predicted octanol–water partition coefficient (Wildman–Crippen LogP) is 2.28. The zero-order valence-corrected chi connectivity index (χ0v) is 12.0. The van der Waals surface area contributed by atoms with Crippen molar-refractivity contribution in [2.75, 3.05) is 0 Å². The smallest absolute Gasteiger partial charge is 0.305 e. The molecule has 2 N–H and O–H groups in total. The molecule has 7 nitrogen and oxygen atoms in total. The van der Waals surface area contributed by atoms with E-state index in [2.05, 4.69) is 5.32 Å². The summed E-state index contributed by atoms with van der Waals surface area (Å²) >= 11 is 0. The van der Waals surface area contributed by atoms with Crippen molar-refractivity contribution in [3.8, 4) is 0 Å². The number of nitrogens with zero attached hydrogens (tertiary/aromatic N) is 1. The van der Waals surface area contributed by atoms with Gasteiger partial charge in [0, 0.05) is 23.2 Å². The van der Waals surface area contributed by atoms with Crippen LogP contribution in [0.1, 0.15) is 42.1 Å². The molecular weight excluding hydrogens is 276 g/mol. The second-order valence-corrected chi connectivity index (χ2v) is 4.82. The molecule has 1 atom stereocenters. The number of hydrogen-bond acceptors (Lipinski definition) is 4. The van der Waals surface area contributed by atoms with Crippen LogP contribution in [-0.2, 0) is 4.79 Å². The van der Waals surface area contributed by atoms with Gasteiger partial charge in [0.25, 0.3) is 11.6 Å². The SMILES string of the molecule is CCCC(CC(=O)O)NC(=O)c1ccc([N+](=O)[O-])c(C)c1. The minimum atomic E-state index is -0.978. The maximum absolute atomic E-state index is 12.1. The predicted molar refractivity (Wildman–Crippen MR) is 76.2 cm³/mol. The second kappa shape index (κ2) is 7.37. The molecule has 0 saturated heterocycles. The van der Waals surface area contributed by atoms with Gasteiger partial charge in [-0.05, 0) is 25.5 Å². The van der Waals surface area contributed by atoms with Crippen molar-refractivity contribution in [1.29, 1.82) is 0 Å². The summed E-state index contributed by atoms with van der Waals surface area (Å²) in [5.74, 6) is -1.40. The lowest BCUT2D eigenvalue weighted by molar-refractivity contribution is -0.385. The number of benzene rings is 1. The summed E-state index contributed by atoms with van der Waals surface area (Å²) in [6.45, 7) is 3.45. The third kappa shape index (κ3) is 4.87. The first-order chi connectivity index (χ1) is 9.85. The van der Waals surface area contributed by atoms with Gasteiger partial charge in [0.05, 0.1) is 11.3 Å². The standard InChI is InChI=1S/C14H18N2O5/c1-3-4-11(8-13(17)18)15-14(19)10-5-6-12(16(20)21)9(2)7-10/h5-7,11H,3-4,8H2,1-2H3,(H,15,19)(H,17,18). The molecule has 1 aromatic rings. The number of nitrogens with one attached hydrogen (secondary N) is 1. The summed E-state index contributed by atoms with van der Waals surface area (Å²) in [4.78, 5) is 33.0. The van der Waals surface area contributed by atoms with Crippen LogP contribution < -0.4 is 5.32 Å². The molecule has 1 amide bonds. The van der Waals surface area contributed by atoms with Crippen molar-refractivity contribution in [3.05, 3.63) is 39.4 Å². The van der Waals surface area contributed by atoms with Gasteiger partial charge < -0.3 is 10.4 Å². The summed E-state index contributed by atoms with van der Waals surface area (Å²) in [7, 11) is 0. The quantitative estimate of drug-likeness (QED) is 0.592. The highest BCUT2D eigenvalue weighted by Crippen LogP contribution is 2.19. The number of aliphatic carboxylic acids is 1. The van der Waals surface area contributed by atoms with Gasteiger partial charge >= 0.3 is 5.97 Å². The van der Waals surface area contributed by atoms with E-state index in [1.54, 1.807) is 6.92 Å². The molecule has 21 heavy (non-hydrogen) atoms. The maximum Gasteiger partial charge on any atom is 0.305 e. The number of carbonyl (C=O) groups is 2. The summed E-state index contributed by atoms with van der Waals surface area (Å²) in [6, 6.07) is 3.62. The molecule has 0 fully saturated rings. The Kier molecular flexibility index (Phi) is 5.83. The molecule has 0 spiro atoms. The van der Waals surface area contributed by atoms with Crippen LogP contribution >= 0.6 is 0 Å². The molecule has 0 radical (unpaired) electrons. The molecule has 0 bridgehead atoms. The zero-order chi connectivity index (χ0) is 16.0. The lowest BCUT2D eigenvalue weighted by atomic mass is 10.1. The minimum Gasteiger partial charge on any atom is -0.481 e. The molecule has 1 rings (SSSR count). The van der Waals surface area contributed by atoms with E-state index < -0.39 is 22.8 Å². The fourth-order valence-electron chi connectivity index (χ4n) is 2.05. The monoisotopic (exact) mass is 294 g/mol. The van der Waals surface area contributed by atoms with Crippen LogP contribution in [0.4, 0.5) is 5.69 Å². The van der Waals surface area contributed by atoms with E-state index in [9.17, 15) is 19.7 Å². The molecule has 1 unspecified atom stereocenters. The lowest BCUT2D eigenvalue weighted by Crippen LogP contribution is -2.36. The zero-order valence-electron chi connectivity index (χ0n) is 12.0. The van der Waals surface area contributed by atoms with Crippen molar-refractivity contribution >= 4 is 17.6 Å². The van der Waals surface area contributed by atoms with Crippen LogP contribution in [-0.4, -0.2) is 27.9 Å². The third-order valence-corrected chi connectivity index (χ3v) is 3.05. The van der Waals surface area contributed by atoms with Crippen LogP contribution in [0.15, 0.2) is 18.2 Å². The highest BCUT2D eigenvalue weighted by Gasteiger charge is 2.18. The molecule has 0 aliphatic carbocycles. The number of amides is 1. The van der Waals surface area contributed by atoms with Crippen LogP contribution in [0.5, 0.6) is 0 Å². The van der Waals surface area contributed by atoms with Crippen LogP contribution in [0.2, 0.25) is 0 Å². The Morgan fingerprint density at radius 1 is 1.43 bits per heavy atom. The average Bonchev–Trinajstić information content (AvgIpc) is 2.37. The number of carboxylic acids is 1. The third-order valence-electron chi connectivity index (χ3n) is 3.05. The number of nitro benzene ring substituents is 1. The molecule has 0 aromatic heterocycles. The van der Waals surface area contributed by atoms with Crippen molar-refractivity contribution in [2.24, 2.45) is 0 Å². The fraction of sp³-hybridized carbons (Fsp3) is 0.429. The van der Waals surface area contributed by atoms with E-state index in [0.717, 1.165) is 6.42 Å². The Labute approximate surface area is 122 Å². The van der Waals surface area contributed by atoms with E-state index in [-0.39, 0.29) is 17.7 Å². The van der Waals surface area contributed by atoms with Crippen LogP contribution in [0.3, 0.4) is 0 Å². The number of nitro groups is 1. The molecule has 0 aliphatic rings. The second-order valence-electron chi connectivity index (χ2n) is 4.82. The molecule has 0 aliphatic heterocycles. The van der Waals surface area contributed by atoms with E-state index in [1.165, 1.54) is 18.2 Å². The number of carboxylic acid groups (broad SMARTS) is 1. The summed E-state index contributed by atoms with van der Waals surface area (Å²) < 4.78 is 0. The molecule has 0 heterocycles. The van der Waals surface area contributed by atoms with Crippen molar-refractivity contribution in [1.82, 2.24) is 5.32 Å². The normalized spacial score (nSPS) is 11.7. The minimum absolute atomic E-state index is 0.0535. The van der Waals surface area contributed by atoms with Gasteiger partial charge in [0.2, 0.25) is 0 Å². The Hall–Kier alpha value is -2.44. The summed E-state index contributed by atoms with van der Waals surface area (Å²) in [6.07, 6.45) is 1.16. The van der Waals surface area contributed by atoms with Gasteiger partial charge in [-0.25, -0.2) is 0 Å². The van der Waals surface area contributed by atoms with Crippen molar-refractivity contribution in [3.63, 3.8) is 0 Å². The van der Waals surface area contributed by atoms with Gasteiger partial charge in [0.1, 0.15) is 0 Å². The summed E-state index contributed by atoms with van der Waals surface area (Å²) in [5, 5.41) is 22.2. The van der Waals surface area contributed by atoms with Crippen molar-refractivity contribution < 1.29 is 19.6 Å². The van der Waals surface area contributed by atoms with E-state index in [0.29, 0.717) is 12.0 Å².